The molecule has 0 fully saturated rings. The second kappa shape index (κ2) is 8.29. The number of benzene rings is 2. The average molecular weight is 465 g/mol. The molecule has 5 aromatic rings. The Morgan fingerprint density at radius 3 is 2.62 bits per heavy atom. The molecule has 0 atom stereocenters. The molecule has 32 heavy (non-hydrogen) atoms. The Kier molecular flexibility index (Phi) is 5.18. The Hall–Kier alpha value is -3.95. The molecule has 3 aromatic heterocycles. The van der Waals surface area contributed by atoms with E-state index in [9.17, 15) is 10.1 Å². The highest BCUT2D eigenvalue weighted by atomic mass is 35.5. The van der Waals surface area contributed by atoms with Crippen LogP contribution in [0.4, 0.5) is 11.6 Å². The van der Waals surface area contributed by atoms with Gasteiger partial charge in [-0.25, -0.2) is 9.67 Å². The largest absolute Gasteiger partial charge is 0.454 e. The number of rotatable bonds is 5. The standard InChI is InChI=1S/C22H13ClN4O4S/c23-15-5-7-16(8-6-15)25-22-26(24-12-17-9-10-21(30-17)27(28)29)18(13-32-22)20-11-14-3-1-2-4-19(14)31-20/h1-13H. The van der Waals surface area contributed by atoms with Gasteiger partial charge in [-0.3, -0.25) is 10.1 Å². The van der Waals surface area contributed by atoms with Gasteiger partial charge in [-0.1, -0.05) is 29.8 Å². The number of fused-ring (bicyclic) bond motifs is 1. The van der Waals surface area contributed by atoms with Crippen LogP contribution in [0, 0.1) is 10.1 Å². The number of halogens is 1. The van der Waals surface area contributed by atoms with E-state index in [1.807, 2.05) is 35.7 Å². The first-order chi connectivity index (χ1) is 15.6. The second-order valence-corrected chi connectivity index (χ2v) is 7.90. The number of hydrogen-bond donors (Lipinski definition) is 0. The summed E-state index contributed by atoms with van der Waals surface area (Å²) in [7, 11) is 0. The summed E-state index contributed by atoms with van der Waals surface area (Å²) in [6.07, 6.45) is 1.40. The number of nitrogens with zero attached hydrogens (tertiary/aromatic N) is 4. The van der Waals surface area contributed by atoms with Crippen molar-refractivity contribution in [2.75, 3.05) is 0 Å². The van der Waals surface area contributed by atoms with Crippen LogP contribution in [-0.2, 0) is 0 Å². The molecule has 10 heteroatoms. The quantitative estimate of drug-likeness (QED) is 0.175. The SMILES string of the molecule is O=[N+]([O-])c1ccc(C=Nn2c(-c3cc4ccccc4o3)csc2=Nc2ccc(Cl)cc2)o1. The number of furan rings is 2. The predicted octanol–water partition coefficient (Wildman–Crippen LogP) is 6.23. The average Bonchev–Trinajstić information content (AvgIpc) is 3.51. The molecule has 0 unspecified atom stereocenters. The van der Waals surface area contributed by atoms with E-state index in [1.165, 1.54) is 29.7 Å². The van der Waals surface area contributed by atoms with Crippen molar-refractivity contribution in [2.45, 2.75) is 0 Å². The van der Waals surface area contributed by atoms with Gasteiger partial charge in [0.25, 0.3) is 0 Å². The summed E-state index contributed by atoms with van der Waals surface area (Å²) in [6, 6.07) is 19.5. The number of nitro groups is 1. The minimum absolute atomic E-state index is 0.239. The monoisotopic (exact) mass is 464 g/mol. The van der Waals surface area contributed by atoms with E-state index in [4.69, 9.17) is 20.4 Å². The van der Waals surface area contributed by atoms with Gasteiger partial charge >= 0.3 is 5.88 Å². The first kappa shape index (κ1) is 20.0. The van der Waals surface area contributed by atoms with Gasteiger partial charge in [0, 0.05) is 15.8 Å². The fourth-order valence-electron chi connectivity index (χ4n) is 3.02. The third-order valence-electron chi connectivity index (χ3n) is 4.51. The lowest BCUT2D eigenvalue weighted by Gasteiger charge is -2.00. The molecule has 0 spiro atoms. The van der Waals surface area contributed by atoms with Crippen LogP contribution < -0.4 is 4.80 Å². The lowest BCUT2D eigenvalue weighted by molar-refractivity contribution is -0.402. The van der Waals surface area contributed by atoms with Crippen molar-refractivity contribution >= 4 is 51.7 Å². The van der Waals surface area contributed by atoms with Gasteiger partial charge in [0.05, 0.1) is 18.0 Å². The van der Waals surface area contributed by atoms with Crippen LogP contribution in [0.15, 0.2) is 91.0 Å². The highest BCUT2D eigenvalue weighted by Gasteiger charge is 2.14. The minimum atomic E-state index is -0.601. The topological polar surface area (TPSA) is 99.1 Å². The summed E-state index contributed by atoms with van der Waals surface area (Å²) >= 11 is 7.35. The maximum absolute atomic E-state index is 10.9. The molecule has 0 amide bonds. The van der Waals surface area contributed by atoms with Crippen LogP contribution in [0.25, 0.3) is 22.4 Å². The van der Waals surface area contributed by atoms with Crippen molar-refractivity contribution in [2.24, 2.45) is 10.1 Å². The zero-order chi connectivity index (χ0) is 22.1. The molecule has 0 radical (unpaired) electrons. The van der Waals surface area contributed by atoms with Crippen molar-refractivity contribution in [3.63, 3.8) is 0 Å². The van der Waals surface area contributed by atoms with Gasteiger partial charge < -0.3 is 8.83 Å². The Labute approximate surface area is 189 Å². The van der Waals surface area contributed by atoms with Crippen molar-refractivity contribution in [3.8, 4) is 11.5 Å². The maximum atomic E-state index is 10.9. The molecule has 0 saturated carbocycles. The van der Waals surface area contributed by atoms with Gasteiger partial charge in [0.1, 0.15) is 16.2 Å². The molecule has 5 rings (SSSR count). The fourth-order valence-corrected chi connectivity index (χ4v) is 3.98. The van der Waals surface area contributed by atoms with E-state index in [0.717, 1.165) is 11.0 Å². The van der Waals surface area contributed by atoms with Crippen molar-refractivity contribution < 1.29 is 13.8 Å². The number of thiazole rings is 1. The molecule has 0 aliphatic heterocycles. The van der Waals surface area contributed by atoms with E-state index in [1.54, 1.807) is 28.9 Å². The van der Waals surface area contributed by atoms with Gasteiger partial charge in [-0.2, -0.15) is 5.10 Å². The fraction of sp³-hybridized carbons (Fsp3) is 0. The second-order valence-electron chi connectivity index (χ2n) is 6.63. The molecule has 0 N–H and O–H groups in total. The van der Waals surface area contributed by atoms with Crippen LogP contribution in [-0.4, -0.2) is 15.8 Å². The van der Waals surface area contributed by atoms with Crippen molar-refractivity contribution in [1.29, 1.82) is 0 Å². The summed E-state index contributed by atoms with van der Waals surface area (Å²) in [4.78, 5) is 15.5. The van der Waals surface area contributed by atoms with Crippen molar-refractivity contribution in [1.82, 2.24) is 4.68 Å². The Balaban J connectivity index is 1.63. The smallest absolute Gasteiger partial charge is 0.433 e. The van der Waals surface area contributed by atoms with Gasteiger partial charge in [-0.15, -0.1) is 11.3 Å². The third kappa shape index (κ3) is 3.98. The molecular formula is C22H13ClN4O4S. The van der Waals surface area contributed by atoms with E-state index in [2.05, 4.69) is 10.1 Å². The summed E-state index contributed by atoms with van der Waals surface area (Å²) in [5, 5.41) is 18.8. The van der Waals surface area contributed by atoms with Crippen LogP contribution >= 0.6 is 22.9 Å². The Morgan fingerprint density at radius 2 is 1.88 bits per heavy atom. The van der Waals surface area contributed by atoms with E-state index >= 15 is 0 Å². The van der Waals surface area contributed by atoms with Gasteiger partial charge in [0.2, 0.25) is 4.80 Å². The summed E-state index contributed by atoms with van der Waals surface area (Å²) < 4.78 is 12.8. The lowest BCUT2D eigenvalue weighted by Crippen LogP contribution is -2.11. The zero-order valence-corrected chi connectivity index (χ0v) is 17.8. The summed E-state index contributed by atoms with van der Waals surface area (Å²) in [6.45, 7) is 0. The predicted molar refractivity (Wildman–Crippen MR) is 123 cm³/mol. The van der Waals surface area contributed by atoms with Crippen LogP contribution in [0.3, 0.4) is 0 Å². The summed E-state index contributed by atoms with van der Waals surface area (Å²) in [5.74, 6) is 0.497. The number of para-hydroxylation sites is 1. The Bertz CT molecular complexity index is 1490. The molecule has 0 aliphatic rings. The highest BCUT2D eigenvalue weighted by molar-refractivity contribution is 7.07. The van der Waals surface area contributed by atoms with E-state index in [0.29, 0.717) is 27.0 Å². The van der Waals surface area contributed by atoms with E-state index < -0.39 is 4.92 Å². The Morgan fingerprint density at radius 1 is 1.06 bits per heavy atom. The molecular weight excluding hydrogens is 452 g/mol. The molecule has 158 valence electrons. The lowest BCUT2D eigenvalue weighted by atomic mass is 10.2. The molecule has 0 bridgehead atoms. The molecule has 3 heterocycles. The normalized spacial score (nSPS) is 12.2. The maximum Gasteiger partial charge on any atom is 0.433 e. The van der Waals surface area contributed by atoms with Crippen LogP contribution in [0.5, 0.6) is 0 Å². The first-order valence-electron chi connectivity index (χ1n) is 9.35. The van der Waals surface area contributed by atoms with Gasteiger partial charge in [-0.05, 0) is 42.5 Å². The third-order valence-corrected chi connectivity index (χ3v) is 5.58. The van der Waals surface area contributed by atoms with Crippen LogP contribution in [0.2, 0.25) is 5.02 Å². The minimum Gasteiger partial charge on any atom is -0.454 e. The highest BCUT2D eigenvalue weighted by Crippen LogP contribution is 2.28. The summed E-state index contributed by atoms with van der Waals surface area (Å²) in [5.41, 5.74) is 2.13. The van der Waals surface area contributed by atoms with Gasteiger partial charge in [0.15, 0.2) is 11.5 Å². The number of hydrogen-bond acceptors (Lipinski definition) is 7. The molecule has 0 aliphatic carbocycles. The number of aromatic nitrogens is 1. The first-order valence-corrected chi connectivity index (χ1v) is 10.6. The van der Waals surface area contributed by atoms with E-state index in [-0.39, 0.29) is 11.6 Å². The molecule has 0 saturated heterocycles. The van der Waals surface area contributed by atoms with Crippen LogP contribution in [0.1, 0.15) is 5.76 Å². The zero-order valence-electron chi connectivity index (χ0n) is 16.2. The van der Waals surface area contributed by atoms with Crippen molar-refractivity contribution in [3.05, 3.63) is 97.8 Å². The molecule has 8 nitrogen and oxygen atoms in total. The molecule has 2 aromatic carbocycles.